The number of aromatic nitrogens is 4. The number of nitrogens with zero attached hydrogens (tertiary/aromatic N) is 6. The molecule has 0 aliphatic carbocycles. The first-order chi connectivity index (χ1) is 19.0. The zero-order chi connectivity index (χ0) is 29.8. The average molecular weight is 569 g/mol. The van der Waals surface area contributed by atoms with Crippen LogP contribution in [0.1, 0.15) is 44.5 Å². The number of nitrogens with two attached hydrogens (primary N) is 1. The standard InChI is InChI=1S/C13H18N2S.C9H9N5O2.C7H17N/c1-4-5-12-10(2)16-13(14-12)11-6-8-15(3)9-7-11;1-14-8-5(2-12-14)6(3-11-9(8)10)13-7(16)4-15;1-5-8(4)6-7(2)3/h4-5,11H,1-2,6-9H2,3H3;2-4H,1H3,(H2,10,11)(H,13,16);7H,5-6H2,1-4H3/b12-5+;;. The largest absolute Gasteiger partial charge is 0.382 e. The molecule has 10 nitrogen and oxygen atoms in total. The van der Waals surface area contributed by atoms with Crippen molar-refractivity contribution in [3.8, 4) is 0 Å². The molecule has 1 aliphatic rings. The minimum absolute atomic E-state index is 0.193. The Labute approximate surface area is 241 Å². The molecule has 0 radical (unpaired) electrons. The van der Waals surface area contributed by atoms with Crippen LogP contribution < -0.4 is 20.9 Å². The third-order valence-corrected chi connectivity index (χ3v) is 7.56. The van der Waals surface area contributed by atoms with Crippen LogP contribution in [0.15, 0.2) is 25.0 Å². The molecule has 40 heavy (non-hydrogen) atoms. The summed E-state index contributed by atoms with van der Waals surface area (Å²) >= 11 is 1.74. The van der Waals surface area contributed by atoms with Gasteiger partial charge in [0.2, 0.25) is 6.29 Å². The molecule has 3 aromatic heterocycles. The Kier molecular flexibility index (Phi) is 13.1. The normalized spacial score (nSPS) is 14.4. The van der Waals surface area contributed by atoms with E-state index in [1.54, 1.807) is 35.3 Å². The molecule has 1 fully saturated rings. The summed E-state index contributed by atoms with van der Waals surface area (Å²) in [6, 6.07) is 0. The molecule has 0 unspecified atom stereocenters. The maximum Gasteiger partial charge on any atom is 0.288 e. The number of aldehydes is 1. The van der Waals surface area contributed by atoms with Crippen LogP contribution in [0.5, 0.6) is 0 Å². The van der Waals surface area contributed by atoms with E-state index in [1.165, 1.54) is 43.7 Å². The summed E-state index contributed by atoms with van der Waals surface area (Å²) in [6.07, 6.45) is 9.29. The number of nitrogen functional groups attached to an aromatic ring is 1. The highest BCUT2D eigenvalue weighted by Gasteiger charge is 2.20. The third-order valence-electron chi connectivity index (χ3n) is 6.47. The van der Waals surface area contributed by atoms with Gasteiger partial charge in [0.25, 0.3) is 5.91 Å². The SMILES string of the molecule is C=C/C=c1/nc(C2CCN(C)CC2)sc1=C.CCN(C)CC(C)C.Cn1ncc2c(NC(=O)C=O)cnc(N)c21. The summed E-state index contributed by atoms with van der Waals surface area (Å²) in [5.41, 5.74) is 6.71. The van der Waals surface area contributed by atoms with Crippen molar-refractivity contribution in [1.82, 2.24) is 29.5 Å². The van der Waals surface area contributed by atoms with Crippen molar-refractivity contribution < 1.29 is 9.59 Å². The lowest BCUT2D eigenvalue weighted by Gasteiger charge is -2.27. The van der Waals surface area contributed by atoms with E-state index in [0.29, 0.717) is 28.3 Å². The number of amides is 1. The zero-order valence-electron chi connectivity index (χ0n) is 24.7. The highest BCUT2D eigenvalue weighted by molar-refractivity contribution is 7.09. The molecule has 3 N–H and O–H groups in total. The van der Waals surface area contributed by atoms with E-state index in [0.717, 1.165) is 22.3 Å². The molecule has 0 atom stereocenters. The Bertz CT molecular complexity index is 1370. The van der Waals surface area contributed by atoms with Crippen molar-refractivity contribution in [2.45, 2.75) is 39.5 Å². The molecule has 0 spiro atoms. The second-order valence-electron chi connectivity index (χ2n) is 10.3. The van der Waals surface area contributed by atoms with E-state index in [1.807, 2.05) is 6.08 Å². The fourth-order valence-electron chi connectivity index (χ4n) is 4.27. The van der Waals surface area contributed by atoms with Gasteiger partial charge in [0.1, 0.15) is 11.3 Å². The van der Waals surface area contributed by atoms with Gasteiger partial charge in [-0.05, 0) is 58.6 Å². The number of likely N-dealkylation sites (tertiary alicyclic amines) is 1. The number of anilines is 2. The minimum atomic E-state index is -0.739. The number of carbonyl (C=O) groups excluding carboxylic acids is 2. The van der Waals surface area contributed by atoms with Crippen LogP contribution >= 0.6 is 11.3 Å². The molecule has 1 amide bonds. The molecule has 218 valence electrons. The summed E-state index contributed by atoms with van der Waals surface area (Å²) in [5, 5.41) is 9.30. The van der Waals surface area contributed by atoms with Crippen LogP contribution in [0.3, 0.4) is 0 Å². The molecule has 1 aliphatic heterocycles. The number of piperidine rings is 1. The van der Waals surface area contributed by atoms with Gasteiger partial charge in [0.15, 0.2) is 0 Å². The fourth-order valence-corrected chi connectivity index (χ4v) is 5.29. The number of allylic oxidation sites excluding steroid dienone is 1. The van der Waals surface area contributed by atoms with Gasteiger partial charge in [-0.15, -0.1) is 11.3 Å². The lowest BCUT2D eigenvalue weighted by atomic mass is 9.98. The number of rotatable bonds is 7. The van der Waals surface area contributed by atoms with Crippen molar-refractivity contribution in [2.24, 2.45) is 13.0 Å². The van der Waals surface area contributed by atoms with Gasteiger partial charge in [0.05, 0.1) is 28.4 Å². The van der Waals surface area contributed by atoms with Crippen LogP contribution in [0, 0.1) is 5.92 Å². The molecular formula is C29H44N8O2S. The summed E-state index contributed by atoms with van der Waals surface area (Å²) in [4.78, 5) is 34.5. The summed E-state index contributed by atoms with van der Waals surface area (Å²) < 4.78 is 2.61. The molecular weight excluding hydrogens is 524 g/mol. The van der Waals surface area contributed by atoms with Crippen LogP contribution in [0.4, 0.5) is 11.5 Å². The van der Waals surface area contributed by atoms with Crippen molar-refractivity contribution >= 4 is 58.6 Å². The van der Waals surface area contributed by atoms with Gasteiger partial charge < -0.3 is 20.9 Å². The van der Waals surface area contributed by atoms with Gasteiger partial charge in [-0.2, -0.15) is 5.10 Å². The minimum Gasteiger partial charge on any atom is -0.382 e. The van der Waals surface area contributed by atoms with Crippen molar-refractivity contribution in [3.05, 3.63) is 39.9 Å². The van der Waals surface area contributed by atoms with Crippen molar-refractivity contribution in [2.75, 3.05) is 51.3 Å². The predicted molar refractivity (Wildman–Crippen MR) is 167 cm³/mol. The van der Waals surface area contributed by atoms with E-state index in [4.69, 9.17) is 5.73 Å². The maximum atomic E-state index is 11.0. The van der Waals surface area contributed by atoms with E-state index in [9.17, 15) is 9.59 Å². The number of hydrogen-bond acceptors (Lipinski definition) is 9. The summed E-state index contributed by atoms with van der Waals surface area (Å²) in [6.45, 7) is 19.1. The molecule has 1 saturated heterocycles. The average Bonchev–Trinajstić information content (AvgIpc) is 3.49. The Morgan fingerprint density at radius 3 is 2.52 bits per heavy atom. The van der Waals surface area contributed by atoms with Crippen LogP contribution in [-0.4, -0.2) is 82.0 Å². The van der Waals surface area contributed by atoms with Gasteiger partial charge >= 0.3 is 0 Å². The first-order valence-corrected chi connectivity index (χ1v) is 14.3. The monoisotopic (exact) mass is 568 g/mol. The van der Waals surface area contributed by atoms with Crippen LogP contribution in [0.25, 0.3) is 23.6 Å². The number of thiazole rings is 1. The predicted octanol–water partition coefficient (Wildman–Crippen LogP) is 2.61. The van der Waals surface area contributed by atoms with Crippen molar-refractivity contribution in [1.29, 1.82) is 0 Å². The van der Waals surface area contributed by atoms with Gasteiger partial charge in [0, 0.05) is 29.4 Å². The third kappa shape index (κ3) is 9.65. The number of hydrogen-bond donors (Lipinski definition) is 2. The number of aryl methyl sites for hydroxylation is 1. The summed E-state index contributed by atoms with van der Waals surface area (Å²) in [7, 11) is 6.05. The molecule has 0 bridgehead atoms. The highest BCUT2D eigenvalue weighted by Crippen LogP contribution is 2.27. The Balaban J connectivity index is 0.000000224. The quantitative estimate of drug-likeness (QED) is 0.330. The molecule has 4 heterocycles. The molecule has 3 aromatic rings. The number of fused-ring (bicyclic) bond motifs is 1. The van der Waals surface area contributed by atoms with Gasteiger partial charge in [-0.25, -0.2) is 9.97 Å². The Hall–Kier alpha value is -3.41. The lowest BCUT2D eigenvalue weighted by Crippen LogP contribution is -2.29. The maximum absolute atomic E-state index is 11.0. The summed E-state index contributed by atoms with van der Waals surface area (Å²) in [5.74, 6) is 1.02. The van der Waals surface area contributed by atoms with E-state index < -0.39 is 5.91 Å². The molecule has 11 heteroatoms. The first-order valence-electron chi connectivity index (χ1n) is 13.5. The number of pyridine rings is 1. The number of nitrogens with one attached hydrogen (secondary N) is 1. The van der Waals surface area contributed by atoms with Crippen LogP contribution in [-0.2, 0) is 16.6 Å². The second-order valence-corrected chi connectivity index (χ2v) is 11.4. The van der Waals surface area contributed by atoms with Crippen LogP contribution in [0.2, 0.25) is 0 Å². The lowest BCUT2D eigenvalue weighted by molar-refractivity contribution is -0.127. The van der Waals surface area contributed by atoms with E-state index in [2.05, 4.69) is 78.2 Å². The van der Waals surface area contributed by atoms with E-state index >= 15 is 0 Å². The zero-order valence-corrected chi connectivity index (χ0v) is 25.5. The topological polar surface area (TPSA) is 122 Å². The molecule has 0 saturated carbocycles. The first kappa shape index (κ1) is 32.8. The Morgan fingerprint density at radius 1 is 1.30 bits per heavy atom. The highest BCUT2D eigenvalue weighted by atomic mass is 32.1. The Morgan fingerprint density at radius 2 is 1.98 bits per heavy atom. The number of carbonyl (C=O) groups is 2. The van der Waals surface area contributed by atoms with Crippen molar-refractivity contribution in [3.63, 3.8) is 0 Å². The smallest absolute Gasteiger partial charge is 0.288 e. The van der Waals surface area contributed by atoms with E-state index in [-0.39, 0.29) is 6.29 Å². The molecule has 4 rings (SSSR count). The second kappa shape index (κ2) is 16.0. The van der Waals surface area contributed by atoms with Gasteiger partial charge in [-0.3, -0.25) is 14.3 Å². The van der Waals surface area contributed by atoms with Gasteiger partial charge in [-0.1, -0.05) is 40.0 Å². The molecule has 0 aromatic carbocycles. The fraction of sp³-hybridized carbons (Fsp3) is 0.483.